The number of aliphatic hydroxyl groups excluding tert-OH is 1. The zero-order chi connectivity index (χ0) is 9.56. The lowest BCUT2D eigenvalue weighted by Crippen LogP contribution is -2.22. The molecule has 0 saturated carbocycles. The minimum Gasteiger partial charge on any atom is -0.456 e. The Hall–Kier alpha value is -0.900. The number of ether oxygens (including phenoxy) is 1. The highest BCUT2D eigenvalue weighted by atomic mass is 16.5. The van der Waals surface area contributed by atoms with Gasteiger partial charge in [-0.2, -0.15) is 0 Å². The third kappa shape index (κ3) is 4.85. The SMILES string of the molecule is CCCC(=O)COC(=O)C(C)O. The van der Waals surface area contributed by atoms with Crippen molar-refractivity contribution >= 4 is 11.8 Å². The summed E-state index contributed by atoms with van der Waals surface area (Å²) >= 11 is 0. The molecule has 0 aromatic heterocycles. The predicted molar refractivity (Wildman–Crippen MR) is 42.6 cm³/mol. The van der Waals surface area contributed by atoms with E-state index in [4.69, 9.17) is 5.11 Å². The van der Waals surface area contributed by atoms with Crippen molar-refractivity contribution in [2.75, 3.05) is 6.61 Å². The molecule has 12 heavy (non-hydrogen) atoms. The second kappa shape index (κ2) is 5.71. The van der Waals surface area contributed by atoms with Crippen LogP contribution < -0.4 is 0 Å². The van der Waals surface area contributed by atoms with Gasteiger partial charge in [0, 0.05) is 6.42 Å². The largest absolute Gasteiger partial charge is 0.456 e. The van der Waals surface area contributed by atoms with Gasteiger partial charge in [-0.05, 0) is 13.3 Å². The van der Waals surface area contributed by atoms with E-state index in [9.17, 15) is 9.59 Å². The standard InChI is InChI=1S/C8H14O4/c1-3-4-7(10)5-12-8(11)6(2)9/h6,9H,3-5H2,1-2H3. The van der Waals surface area contributed by atoms with E-state index >= 15 is 0 Å². The van der Waals surface area contributed by atoms with Crippen LogP contribution in [0.3, 0.4) is 0 Å². The fourth-order valence-corrected chi connectivity index (χ4v) is 0.623. The van der Waals surface area contributed by atoms with E-state index in [1.54, 1.807) is 0 Å². The van der Waals surface area contributed by atoms with E-state index in [1.807, 2.05) is 6.92 Å². The quantitative estimate of drug-likeness (QED) is 0.608. The minimum atomic E-state index is -1.15. The van der Waals surface area contributed by atoms with Crippen LogP contribution in [-0.4, -0.2) is 29.6 Å². The molecule has 1 N–H and O–H groups in total. The summed E-state index contributed by atoms with van der Waals surface area (Å²) in [4.78, 5) is 21.4. The zero-order valence-corrected chi connectivity index (χ0v) is 7.37. The average Bonchev–Trinajstić information content (AvgIpc) is 2.00. The lowest BCUT2D eigenvalue weighted by molar-refractivity contribution is -0.155. The lowest BCUT2D eigenvalue weighted by Gasteiger charge is -2.04. The molecule has 4 heteroatoms. The van der Waals surface area contributed by atoms with Crippen molar-refractivity contribution in [2.45, 2.75) is 32.8 Å². The fraction of sp³-hybridized carbons (Fsp3) is 0.750. The number of esters is 1. The normalized spacial score (nSPS) is 12.2. The van der Waals surface area contributed by atoms with E-state index < -0.39 is 12.1 Å². The van der Waals surface area contributed by atoms with E-state index in [-0.39, 0.29) is 12.4 Å². The maximum Gasteiger partial charge on any atom is 0.335 e. The molecule has 0 rings (SSSR count). The Bertz CT molecular complexity index is 162. The van der Waals surface area contributed by atoms with Crippen LogP contribution in [0, 0.1) is 0 Å². The number of carbonyl (C=O) groups is 2. The van der Waals surface area contributed by atoms with E-state index in [0.29, 0.717) is 6.42 Å². The summed E-state index contributed by atoms with van der Waals surface area (Å²) in [6.45, 7) is 2.94. The number of ketones is 1. The fourth-order valence-electron chi connectivity index (χ4n) is 0.623. The van der Waals surface area contributed by atoms with Crippen molar-refractivity contribution in [3.05, 3.63) is 0 Å². The van der Waals surface area contributed by atoms with Gasteiger partial charge in [-0.15, -0.1) is 0 Å². The van der Waals surface area contributed by atoms with Gasteiger partial charge in [0.2, 0.25) is 0 Å². The molecule has 0 aromatic rings. The topological polar surface area (TPSA) is 63.6 Å². The summed E-state index contributed by atoms with van der Waals surface area (Å²) in [5.41, 5.74) is 0. The summed E-state index contributed by atoms with van der Waals surface area (Å²) in [6.07, 6.45) is -0.00236. The van der Waals surface area contributed by atoms with Gasteiger partial charge >= 0.3 is 5.97 Å². The van der Waals surface area contributed by atoms with E-state index in [2.05, 4.69) is 4.74 Å². The molecule has 0 aromatic carbocycles. The first-order valence-electron chi connectivity index (χ1n) is 3.94. The van der Waals surface area contributed by atoms with Crippen LogP contribution in [0.15, 0.2) is 0 Å². The summed E-state index contributed by atoms with van der Waals surface area (Å²) in [6, 6.07) is 0. The van der Waals surface area contributed by atoms with Crippen LogP contribution >= 0.6 is 0 Å². The molecule has 0 heterocycles. The summed E-state index contributed by atoms with van der Waals surface area (Å²) in [5, 5.41) is 8.68. The molecule has 0 amide bonds. The van der Waals surface area contributed by atoms with Gasteiger partial charge < -0.3 is 9.84 Å². The molecule has 0 aliphatic heterocycles. The molecule has 70 valence electrons. The maximum absolute atomic E-state index is 10.8. The molecule has 0 aliphatic rings. The number of rotatable bonds is 5. The first kappa shape index (κ1) is 11.1. The Morgan fingerprint density at radius 3 is 2.50 bits per heavy atom. The van der Waals surface area contributed by atoms with Gasteiger partial charge in [-0.1, -0.05) is 6.92 Å². The van der Waals surface area contributed by atoms with Crippen LogP contribution in [0.5, 0.6) is 0 Å². The summed E-state index contributed by atoms with van der Waals surface area (Å²) in [7, 11) is 0. The van der Waals surface area contributed by atoms with E-state index in [1.165, 1.54) is 6.92 Å². The number of hydrogen-bond acceptors (Lipinski definition) is 4. The number of Topliss-reactive ketones (excluding diaryl/α,β-unsaturated/α-hetero) is 1. The number of carbonyl (C=O) groups excluding carboxylic acids is 2. The van der Waals surface area contributed by atoms with Crippen molar-refractivity contribution in [1.82, 2.24) is 0 Å². The van der Waals surface area contributed by atoms with Crippen molar-refractivity contribution in [3.63, 3.8) is 0 Å². The molecule has 0 radical (unpaired) electrons. The van der Waals surface area contributed by atoms with Crippen LogP contribution in [0.1, 0.15) is 26.7 Å². The van der Waals surface area contributed by atoms with Crippen molar-refractivity contribution in [3.8, 4) is 0 Å². The lowest BCUT2D eigenvalue weighted by atomic mass is 10.2. The Balaban J connectivity index is 3.54. The monoisotopic (exact) mass is 174 g/mol. The third-order valence-electron chi connectivity index (χ3n) is 1.25. The highest BCUT2D eigenvalue weighted by molar-refractivity contribution is 5.83. The van der Waals surface area contributed by atoms with Crippen molar-refractivity contribution in [2.24, 2.45) is 0 Å². The molecule has 0 spiro atoms. The number of hydrogen-bond donors (Lipinski definition) is 1. The Kier molecular flexibility index (Phi) is 5.28. The van der Waals surface area contributed by atoms with Crippen LogP contribution in [0.2, 0.25) is 0 Å². The van der Waals surface area contributed by atoms with Gasteiger partial charge in [-0.25, -0.2) is 4.79 Å². The molecule has 4 nitrogen and oxygen atoms in total. The van der Waals surface area contributed by atoms with E-state index in [0.717, 1.165) is 6.42 Å². The van der Waals surface area contributed by atoms with Gasteiger partial charge in [0.1, 0.15) is 12.7 Å². The first-order chi connectivity index (χ1) is 5.57. The molecule has 1 atom stereocenters. The third-order valence-corrected chi connectivity index (χ3v) is 1.25. The van der Waals surface area contributed by atoms with Gasteiger partial charge in [0.25, 0.3) is 0 Å². The first-order valence-corrected chi connectivity index (χ1v) is 3.94. The molecule has 1 unspecified atom stereocenters. The molecule has 0 fully saturated rings. The Morgan fingerprint density at radius 2 is 2.08 bits per heavy atom. The summed E-state index contributed by atoms with van der Waals surface area (Å²) < 4.78 is 4.48. The highest BCUT2D eigenvalue weighted by Crippen LogP contribution is 1.92. The second-order valence-corrected chi connectivity index (χ2v) is 2.57. The van der Waals surface area contributed by atoms with Crippen molar-refractivity contribution in [1.29, 1.82) is 0 Å². The predicted octanol–water partition coefficient (Wildman–Crippen LogP) is 0.280. The average molecular weight is 174 g/mol. The van der Waals surface area contributed by atoms with Crippen LogP contribution in [0.25, 0.3) is 0 Å². The van der Waals surface area contributed by atoms with Gasteiger partial charge in [0.05, 0.1) is 0 Å². The van der Waals surface area contributed by atoms with Gasteiger partial charge in [0.15, 0.2) is 5.78 Å². The maximum atomic E-state index is 10.8. The molecular formula is C8H14O4. The minimum absolute atomic E-state index is 0.119. The van der Waals surface area contributed by atoms with Crippen LogP contribution in [0.4, 0.5) is 0 Å². The number of aliphatic hydroxyl groups is 1. The molecule has 0 saturated heterocycles. The highest BCUT2D eigenvalue weighted by Gasteiger charge is 2.11. The van der Waals surface area contributed by atoms with Crippen LogP contribution in [-0.2, 0) is 14.3 Å². The molecule has 0 bridgehead atoms. The van der Waals surface area contributed by atoms with Crippen molar-refractivity contribution < 1.29 is 19.4 Å². The zero-order valence-electron chi connectivity index (χ0n) is 7.37. The molecular weight excluding hydrogens is 160 g/mol. The molecule has 0 aliphatic carbocycles. The second-order valence-electron chi connectivity index (χ2n) is 2.57. The Labute approximate surface area is 71.5 Å². The van der Waals surface area contributed by atoms with Gasteiger partial charge in [-0.3, -0.25) is 4.79 Å². The smallest absolute Gasteiger partial charge is 0.335 e. The Morgan fingerprint density at radius 1 is 1.50 bits per heavy atom. The summed E-state index contributed by atoms with van der Waals surface area (Å²) in [5.74, 6) is -0.869.